The van der Waals surface area contributed by atoms with Gasteiger partial charge in [0.05, 0.1) is 27.6 Å². The molecule has 6 heteroatoms. The predicted molar refractivity (Wildman–Crippen MR) is 72.5 cm³/mol. The highest BCUT2D eigenvalue weighted by Gasteiger charge is 2.33. The van der Waals surface area contributed by atoms with E-state index in [4.69, 9.17) is 23.2 Å². The fourth-order valence-electron chi connectivity index (χ4n) is 2.12. The number of halogens is 2. The highest BCUT2D eigenvalue weighted by molar-refractivity contribution is 6.43. The molecule has 0 saturated heterocycles. The van der Waals surface area contributed by atoms with Crippen LogP contribution in [0, 0.1) is 0 Å². The van der Waals surface area contributed by atoms with Gasteiger partial charge in [0.25, 0.3) is 0 Å². The second kappa shape index (κ2) is 4.54. The summed E-state index contributed by atoms with van der Waals surface area (Å²) in [6, 6.07) is 5.23. The van der Waals surface area contributed by atoms with Gasteiger partial charge in [0.1, 0.15) is 5.56 Å². The van der Waals surface area contributed by atoms with Crippen molar-refractivity contribution in [2.24, 2.45) is 0 Å². The number of carboxylic acids is 1. The summed E-state index contributed by atoms with van der Waals surface area (Å²) in [6.45, 7) is 0. The standard InChI is InChI=1S/C13H10Cl2N2O2/c14-9-2-1-3-10(11(9)15)17-12(7-4-5-7)8(6-16-17)13(18)19/h1-3,6-7H,4-5H2,(H,18,19). The van der Waals surface area contributed by atoms with Gasteiger partial charge < -0.3 is 5.11 Å². The molecule has 0 aliphatic heterocycles. The summed E-state index contributed by atoms with van der Waals surface area (Å²) in [5, 5.41) is 14.2. The van der Waals surface area contributed by atoms with Gasteiger partial charge in [-0.3, -0.25) is 0 Å². The molecular formula is C13H10Cl2N2O2. The van der Waals surface area contributed by atoms with Crippen molar-refractivity contribution in [2.75, 3.05) is 0 Å². The van der Waals surface area contributed by atoms with Crippen LogP contribution >= 0.6 is 23.2 Å². The van der Waals surface area contributed by atoms with Crippen LogP contribution in [-0.4, -0.2) is 20.9 Å². The van der Waals surface area contributed by atoms with E-state index < -0.39 is 5.97 Å². The summed E-state index contributed by atoms with van der Waals surface area (Å²) in [6.07, 6.45) is 3.32. The molecule has 4 nitrogen and oxygen atoms in total. The van der Waals surface area contributed by atoms with Crippen molar-refractivity contribution in [1.82, 2.24) is 9.78 Å². The Bertz CT molecular complexity index is 663. The first kappa shape index (κ1) is 12.5. The maximum atomic E-state index is 11.2. The van der Waals surface area contributed by atoms with Crippen LogP contribution in [0.3, 0.4) is 0 Å². The number of aromatic nitrogens is 2. The first-order valence-corrected chi connectivity index (χ1v) is 6.60. The zero-order valence-electron chi connectivity index (χ0n) is 9.81. The SMILES string of the molecule is O=C(O)c1cnn(-c2cccc(Cl)c2Cl)c1C1CC1. The molecule has 1 aromatic heterocycles. The van der Waals surface area contributed by atoms with E-state index in [9.17, 15) is 9.90 Å². The molecule has 3 rings (SSSR count). The number of hydrogen-bond acceptors (Lipinski definition) is 2. The molecular weight excluding hydrogens is 287 g/mol. The normalized spacial score (nSPS) is 14.6. The third-order valence-electron chi connectivity index (χ3n) is 3.16. The number of hydrogen-bond donors (Lipinski definition) is 1. The van der Waals surface area contributed by atoms with Crippen LogP contribution in [0.15, 0.2) is 24.4 Å². The molecule has 0 amide bonds. The maximum Gasteiger partial charge on any atom is 0.339 e. The molecule has 0 radical (unpaired) electrons. The van der Waals surface area contributed by atoms with E-state index in [0.717, 1.165) is 12.8 Å². The van der Waals surface area contributed by atoms with Gasteiger partial charge in [0.2, 0.25) is 0 Å². The average molecular weight is 297 g/mol. The number of carbonyl (C=O) groups is 1. The number of carboxylic acid groups (broad SMARTS) is 1. The van der Waals surface area contributed by atoms with Crippen LogP contribution in [-0.2, 0) is 0 Å². The van der Waals surface area contributed by atoms with Gasteiger partial charge in [-0.05, 0) is 25.0 Å². The predicted octanol–water partition coefficient (Wildman–Crippen LogP) is 3.75. The quantitative estimate of drug-likeness (QED) is 0.938. The van der Waals surface area contributed by atoms with E-state index in [1.807, 2.05) is 0 Å². The molecule has 1 aliphatic rings. The Labute approximate surface area is 119 Å². The van der Waals surface area contributed by atoms with Gasteiger partial charge in [-0.15, -0.1) is 0 Å². The minimum absolute atomic E-state index is 0.235. The molecule has 0 atom stereocenters. The first-order valence-electron chi connectivity index (χ1n) is 5.85. The van der Waals surface area contributed by atoms with Crippen molar-refractivity contribution in [3.05, 3.63) is 45.7 Å². The first-order chi connectivity index (χ1) is 9.09. The highest BCUT2D eigenvalue weighted by atomic mass is 35.5. The average Bonchev–Trinajstić information content (AvgIpc) is 3.11. The molecule has 1 aromatic carbocycles. The molecule has 1 fully saturated rings. The van der Waals surface area contributed by atoms with Crippen LogP contribution in [0.2, 0.25) is 10.0 Å². The van der Waals surface area contributed by atoms with Crippen LogP contribution in [0.4, 0.5) is 0 Å². The van der Waals surface area contributed by atoms with E-state index in [0.29, 0.717) is 21.4 Å². The summed E-state index contributed by atoms with van der Waals surface area (Å²) < 4.78 is 1.59. The molecule has 0 bridgehead atoms. The number of aromatic carboxylic acids is 1. The maximum absolute atomic E-state index is 11.2. The fourth-order valence-corrected chi connectivity index (χ4v) is 2.50. The van der Waals surface area contributed by atoms with Crippen LogP contribution in [0.5, 0.6) is 0 Å². The van der Waals surface area contributed by atoms with Crippen molar-refractivity contribution in [3.8, 4) is 5.69 Å². The summed E-state index contributed by atoms with van der Waals surface area (Å²) >= 11 is 12.2. The van der Waals surface area contributed by atoms with E-state index in [2.05, 4.69) is 5.10 Å². The van der Waals surface area contributed by atoms with Crippen LogP contribution in [0.25, 0.3) is 5.69 Å². The molecule has 0 spiro atoms. The third kappa shape index (κ3) is 2.11. The van der Waals surface area contributed by atoms with Gasteiger partial charge in [-0.2, -0.15) is 5.10 Å². The molecule has 98 valence electrons. The van der Waals surface area contributed by atoms with Crippen LogP contribution in [0.1, 0.15) is 34.8 Å². The lowest BCUT2D eigenvalue weighted by molar-refractivity contribution is 0.0695. The highest BCUT2D eigenvalue weighted by Crippen LogP contribution is 2.43. The van der Waals surface area contributed by atoms with Crippen molar-refractivity contribution in [2.45, 2.75) is 18.8 Å². The molecule has 0 unspecified atom stereocenters. The largest absolute Gasteiger partial charge is 0.478 e. The molecule has 1 heterocycles. The number of nitrogens with zero attached hydrogens (tertiary/aromatic N) is 2. The Morgan fingerprint density at radius 3 is 2.74 bits per heavy atom. The molecule has 19 heavy (non-hydrogen) atoms. The fraction of sp³-hybridized carbons (Fsp3) is 0.231. The zero-order chi connectivity index (χ0) is 13.6. The minimum atomic E-state index is -0.966. The van der Waals surface area contributed by atoms with Crippen molar-refractivity contribution < 1.29 is 9.90 Å². The summed E-state index contributed by atoms with van der Waals surface area (Å²) in [4.78, 5) is 11.2. The van der Waals surface area contributed by atoms with Gasteiger partial charge >= 0.3 is 5.97 Å². The Kier molecular flexibility index (Phi) is 2.99. The summed E-state index contributed by atoms with van der Waals surface area (Å²) in [5.74, 6) is -0.727. The van der Waals surface area contributed by atoms with E-state index in [-0.39, 0.29) is 11.5 Å². The van der Waals surface area contributed by atoms with E-state index in [1.165, 1.54) is 6.20 Å². The lowest BCUT2D eigenvalue weighted by Crippen LogP contribution is -2.06. The lowest BCUT2D eigenvalue weighted by Gasteiger charge is -2.10. The Balaban J connectivity index is 2.20. The van der Waals surface area contributed by atoms with Gasteiger partial charge in [-0.1, -0.05) is 29.3 Å². The topological polar surface area (TPSA) is 55.1 Å². The van der Waals surface area contributed by atoms with Crippen molar-refractivity contribution in [1.29, 1.82) is 0 Å². The van der Waals surface area contributed by atoms with E-state index >= 15 is 0 Å². The molecule has 1 aliphatic carbocycles. The summed E-state index contributed by atoms with van der Waals surface area (Å²) in [7, 11) is 0. The summed E-state index contributed by atoms with van der Waals surface area (Å²) in [5.41, 5.74) is 1.55. The lowest BCUT2D eigenvalue weighted by atomic mass is 10.1. The second-order valence-electron chi connectivity index (χ2n) is 4.51. The second-order valence-corrected chi connectivity index (χ2v) is 5.29. The zero-order valence-corrected chi connectivity index (χ0v) is 11.3. The van der Waals surface area contributed by atoms with Gasteiger partial charge in [0.15, 0.2) is 0 Å². The van der Waals surface area contributed by atoms with Crippen LogP contribution < -0.4 is 0 Å². The Morgan fingerprint density at radius 2 is 2.11 bits per heavy atom. The van der Waals surface area contributed by atoms with Gasteiger partial charge in [0, 0.05) is 5.92 Å². The molecule has 1 N–H and O–H groups in total. The monoisotopic (exact) mass is 296 g/mol. The van der Waals surface area contributed by atoms with Crippen molar-refractivity contribution >= 4 is 29.2 Å². The number of benzene rings is 1. The van der Waals surface area contributed by atoms with Gasteiger partial charge in [-0.25, -0.2) is 9.48 Å². The Morgan fingerprint density at radius 1 is 1.37 bits per heavy atom. The molecule has 2 aromatic rings. The van der Waals surface area contributed by atoms with Crippen molar-refractivity contribution in [3.63, 3.8) is 0 Å². The smallest absolute Gasteiger partial charge is 0.339 e. The third-order valence-corrected chi connectivity index (χ3v) is 3.97. The van der Waals surface area contributed by atoms with E-state index in [1.54, 1.807) is 22.9 Å². The molecule has 1 saturated carbocycles. The Hall–Kier alpha value is -1.52. The minimum Gasteiger partial charge on any atom is -0.478 e. The number of rotatable bonds is 3.